The molecule has 3 rings (SSSR count). The van der Waals surface area contributed by atoms with Crippen molar-refractivity contribution in [3.63, 3.8) is 0 Å². The standard InChI is InChI=1S/C24H33NO4/c1-24(2,3)29-16-19(26)15-25-12-11-18-13-21(27-4)22(28-5)14-20(18)23(25)17-9-7-6-8-10-17/h6-10,13-14,19,23,26H,11-12,15-16H2,1-5H3. The van der Waals surface area contributed by atoms with Gasteiger partial charge >= 0.3 is 0 Å². The summed E-state index contributed by atoms with van der Waals surface area (Å²) in [7, 11) is 3.33. The summed E-state index contributed by atoms with van der Waals surface area (Å²) in [6.45, 7) is 7.73. The second-order valence-corrected chi connectivity index (χ2v) is 8.54. The molecule has 0 saturated heterocycles. The van der Waals surface area contributed by atoms with Gasteiger partial charge in [0.1, 0.15) is 0 Å². The van der Waals surface area contributed by atoms with Crippen molar-refractivity contribution in [1.29, 1.82) is 0 Å². The van der Waals surface area contributed by atoms with Gasteiger partial charge in [-0.3, -0.25) is 4.90 Å². The largest absolute Gasteiger partial charge is 0.493 e. The molecule has 2 aromatic rings. The maximum atomic E-state index is 10.6. The molecule has 1 aliphatic heterocycles. The van der Waals surface area contributed by atoms with Crippen LogP contribution in [0.2, 0.25) is 0 Å². The summed E-state index contributed by atoms with van der Waals surface area (Å²) in [5, 5.41) is 10.6. The number of aliphatic hydroxyl groups excluding tert-OH is 1. The summed E-state index contributed by atoms with van der Waals surface area (Å²) in [5.41, 5.74) is 3.39. The quantitative estimate of drug-likeness (QED) is 0.767. The van der Waals surface area contributed by atoms with Crippen molar-refractivity contribution in [1.82, 2.24) is 4.90 Å². The molecule has 5 heteroatoms. The Morgan fingerprint density at radius 2 is 1.72 bits per heavy atom. The van der Waals surface area contributed by atoms with Gasteiger partial charge in [0, 0.05) is 13.1 Å². The first-order chi connectivity index (χ1) is 13.8. The molecular formula is C24H33NO4. The molecule has 0 amide bonds. The number of fused-ring (bicyclic) bond motifs is 1. The van der Waals surface area contributed by atoms with E-state index in [9.17, 15) is 5.11 Å². The fourth-order valence-electron chi connectivity index (χ4n) is 3.89. The number of ether oxygens (including phenoxy) is 3. The lowest BCUT2D eigenvalue weighted by Crippen LogP contribution is -2.42. The van der Waals surface area contributed by atoms with Gasteiger partial charge in [-0.2, -0.15) is 0 Å². The van der Waals surface area contributed by atoms with Crippen molar-refractivity contribution in [3.05, 3.63) is 59.2 Å². The van der Waals surface area contributed by atoms with Crippen molar-refractivity contribution in [2.75, 3.05) is 33.9 Å². The first-order valence-electron chi connectivity index (χ1n) is 10.2. The van der Waals surface area contributed by atoms with Crippen molar-refractivity contribution in [2.24, 2.45) is 0 Å². The van der Waals surface area contributed by atoms with Gasteiger partial charge in [-0.15, -0.1) is 0 Å². The van der Waals surface area contributed by atoms with Crippen LogP contribution in [0.25, 0.3) is 0 Å². The molecule has 0 aromatic heterocycles. The van der Waals surface area contributed by atoms with E-state index < -0.39 is 6.10 Å². The molecule has 2 unspecified atom stereocenters. The molecule has 158 valence electrons. The van der Waals surface area contributed by atoms with Gasteiger partial charge in [0.25, 0.3) is 0 Å². The third kappa shape index (κ3) is 5.30. The van der Waals surface area contributed by atoms with Gasteiger partial charge in [-0.05, 0) is 56.0 Å². The van der Waals surface area contributed by atoms with E-state index in [1.165, 1.54) is 16.7 Å². The lowest BCUT2D eigenvalue weighted by molar-refractivity contribution is -0.0584. The molecule has 1 N–H and O–H groups in total. The summed E-state index contributed by atoms with van der Waals surface area (Å²) in [5.74, 6) is 1.48. The molecule has 0 spiro atoms. The van der Waals surface area contributed by atoms with Crippen LogP contribution < -0.4 is 9.47 Å². The molecule has 5 nitrogen and oxygen atoms in total. The molecule has 0 radical (unpaired) electrons. The second kappa shape index (κ2) is 9.16. The Morgan fingerprint density at radius 3 is 2.34 bits per heavy atom. The van der Waals surface area contributed by atoms with E-state index in [2.05, 4.69) is 41.3 Å². The maximum Gasteiger partial charge on any atom is 0.161 e. The predicted molar refractivity (Wildman–Crippen MR) is 115 cm³/mol. The van der Waals surface area contributed by atoms with E-state index in [0.29, 0.717) is 13.2 Å². The van der Waals surface area contributed by atoms with E-state index in [1.807, 2.05) is 26.8 Å². The van der Waals surface area contributed by atoms with Crippen molar-refractivity contribution < 1.29 is 19.3 Å². The first-order valence-corrected chi connectivity index (χ1v) is 10.2. The molecule has 1 aliphatic rings. The summed E-state index contributed by atoms with van der Waals surface area (Å²) < 4.78 is 16.9. The zero-order valence-electron chi connectivity index (χ0n) is 18.1. The highest BCUT2D eigenvalue weighted by molar-refractivity contribution is 5.51. The number of hydrogen-bond donors (Lipinski definition) is 1. The highest BCUT2D eigenvalue weighted by atomic mass is 16.5. The van der Waals surface area contributed by atoms with Crippen LogP contribution in [-0.4, -0.2) is 55.6 Å². The lowest BCUT2D eigenvalue weighted by atomic mass is 9.87. The highest BCUT2D eigenvalue weighted by Crippen LogP contribution is 2.41. The summed E-state index contributed by atoms with van der Waals surface area (Å²) in [6.07, 6.45) is 0.341. The molecule has 0 fully saturated rings. The smallest absolute Gasteiger partial charge is 0.161 e. The van der Waals surface area contributed by atoms with Gasteiger partial charge < -0.3 is 19.3 Å². The lowest BCUT2D eigenvalue weighted by Gasteiger charge is -2.39. The number of β-amino-alcohol motifs (C(OH)–C–C–N with tert-alkyl or cyclic N) is 1. The normalized spacial score (nSPS) is 18.2. The molecule has 0 aliphatic carbocycles. The topological polar surface area (TPSA) is 51.2 Å². The van der Waals surface area contributed by atoms with E-state index in [1.54, 1.807) is 14.2 Å². The highest BCUT2D eigenvalue weighted by Gasteiger charge is 2.31. The number of rotatable bonds is 7. The Balaban J connectivity index is 1.92. The van der Waals surface area contributed by atoms with Crippen molar-refractivity contribution in [3.8, 4) is 11.5 Å². The summed E-state index contributed by atoms with van der Waals surface area (Å²) >= 11 is 0. The van der Waals surface area contributed by atoms with E-state index >= 15 is 0 Å². The molecular weight excluding hydrogens is 366 g/mol. The summed E-state index contributed by atoms with van der Waals surface area (Å²) in [4.78, 5) is 2.33. The fourth-order valence-corrected chi connectivity index (χ4v) is 3.89. The summed E-state index contributed by atoms with van der Waals surface area (Å²) in [6, 6.07) is 14.6. The van der Waals surface area contributed by atoms with Crippen LogP contribution in [0.5, 0.6) is 11.5 Å². The Labute approximate surface area is 174 Å². The number of hydrogen-bond acceptors (Lipinski definition) is 5. The Kier molecular flexibility index (Phi) is 6.83. The van der Waals surface area contributed by atoms with Crippen LogP contribution in [0.1, 0.15) is 43.5 Å². The van der Waals surface area contributed by atoms with Crippen LogP contribution in [0.4, 0.5) is 0 Å². The zero-order chi connectivity index (χ0) is 21.0. The molecule has 0 bridgehead atoms. The van der Waals surface area contributed by atoms with Gasteiger partial charge in [-0.1, -0.05) is 30.3 Å². The van der Waals surface area contributed by atoms with E-state index in [0.717, 1.165) is 24.5 Å². The Hall–Kier alpha value is -2.08. The third-order valence-corrected chi connectivity index (χ3v) is 5.24. The van der Waals surface area contributed by atoms with Crippen molar-refractivity contribution in [2.45, 2.75) is 44.9 Å². The fraction of sp³-hybridized carbons (Fsp3) is 0.500. The number of methoxy groups -OCH3 is 2. The van der Waals surface area contributed by atoms with Crippen LogP contribution in [0, 0.1) is 0 Å². The van der Waals surface area contributed by atoms with Crippen LogP contribution >= 0.6 is 0 Å². The Bertz CT molecular complexity index is 801. The minimum Gasteiger partial charge on any atom is -0.493 e. The van der Waals surface area contributed by atoms with Gasteiger partial charge in [0.15, 0.2) is 11.5 Å². The molecule has 2 aromatic carbocycles. The average molecular weight is 400 g/mol. The number of nitrogens with zero attached hydrogens (tertiary/aromatic N) is 1. The second-order valence-electron chi connectivity index (χ2n) is 8.54. The minimum absolute atomic E-state index is 0.0454. The van der Waals surface area contributed by atoms with E-state index in [4.69, 9.17) is 14.2 Å². The van der Waals surface area contributed by atoms with Crippen LogP contribution in [-0.2, 0) is 11.2 Å². The van der Waals surface area contributed by atoms with Gasteiger partial charge in [-0.25, -0.2) is 0 Å². The molecule has 1 heterocycles. The SMILES string of the molecule is COc1cc2c(cc1OC)C(c1ccccc1)N(CC(O)COC(C)(C)C)CC2. The monoisotopic (exact) mass is 399 g/mol. The first kappa shape index (κ1) is 21.6. The zero-order valence-corrected chi connectivity index (χ0v) is 18.1. The molecule has 29 heavy (non-hydrogen) atoms. The van der Waals surface area contributed by atoms with Gasteiger partial charge in [0.05, 0.1) is 38.6 Å². The van der Waals surface area contributed by atoms with E-state index in [-0.39, 0.29) is 11.6 Å². The third-order valence-electron chi connectivity index (χ3n) is 5.24. The molecule has 2 atom stereocenters. The van der Waals surface area contributed by atoms with Crippen LogP contribution in [0.3, 0.4) is 0 Å². The number of aliphatic hydroxyl groups is 1. The Morgan fingerprint density at radius 1 is 1.07 bits per heavy atom. The number of benzene rings is 2. The van der Waals surface area contributed by atoms with Crippen LogP contribution in [0.15, 0.2) is 42.5 Å². The minimum atomic E-state index is -0.554. The maximum absolute atomic E-state index is 10.6. The average Bonchev–Trinajstić information content (AvgIpc) is 2.71. The predicted octanol–water partition coefficient (Wildman–Crippen LogP) is 3.83. The van der Waals surface area contributed by atoms with Crippen molar-refractivity contribution >= 4 is 0 Å². The molecule has 0 saturated carbocycles. The van der Waals surface area contributed by atoms with Gasteiger partial charge in [0.2, 0.25) is 0 Å².